The van der Waals surface area contributed by atoms with Crippen LogP contribution in [0.15, 0.2) is 0 Å². The Bertz CT molecular complexity index is 182. The SMILES string of the molecule is CCC(CC)CNCC1(C)COCC1N. The van der Waals surface area contributed by atoms with Gasteiger partial charge in [0.2, 0.25) is 0 Å². The highest BCUT2D eigenvalue weighted by atomic mass is 16.5. The van der Waals surface area contributed by atoms with Gasteiger partial charge < -0.3 is 15.8 Å². The molecule has 1 aliphatic heterocycles. The van der Waals surface area contributed by atoms with Crippen LogP contribution in [0.5, 0.6) is 0 Å². The molecule has 1 rings (SSSR count). The third-order valence-electron chi connectivity index (χ3n) is 3.74. The molecule has 1 aliphatic rings. The largest absolute Gasteiger partial charge is 0.379 e. The highest BCUT2D eigenvalue weighted by Gasteiger charge is 2.37. The fourth-order valence-electron chi connectivity index (χ4n) is 2.05. The van der Waals surface area contributed by atoms with Gasteiger partial charge in [0, 0.05) is 18.0 Å². The minimum atomic E-state index is 0.131. The van der Waals surface area contributed by atoms with Crippen molar-refractivity contribution in [1.29, 1.82) is 0 Å². The summed E-state index contributed by atoms with van der Waals surface area (Å²) in [4.78, 5) is 0. The van der Waals surface area contributed by atoms with Gasteiger partial charge in [-0.15, -0.1) is 0 Å². The molecule has 1 fully saturated rings. The van der Waals surface area contributed by atoms with E-state index in [4.69, 9.17) is 10.5 Å². The first kappa shape index (κ1) is 12.9. The lowest BCUT2D eigenvalue weighted by Crippen LogP contribution is -2.46. The minimum absolute atomic E-state index is 0.131. The van der Waals surface area contributed by atoms with Crippen molar-refractivity contribution in [2.45, 2.75) is 39.7 Å². The lowest BCUT2D eigenvalue weighted by molar-refractivity contribution is 0.157. The van der Waals surface area contributed by atoms with Crippen molar-refractivity contribution in [1.82, 2.24) is 5.32 Å². The lowest BCUT2D eigenvalue weighted by Gasteiger charge is -2.28. The number of hydrogen-bond donors (Lipinski definition) is 2. The van der Waals surface area contributed by atoms with E-state index >= 15 is 0 Å². The van der Waals surface area contributed by atoms with E-state index in [1.165, 1.54) is 12.8 Å². The molecule has 2 atom stereocenters. The van der Waals surface area contributed by atoms with E-state index in [-0.39, 0.29) is 11.5 Å². The van der Waals surface area contributed by atoms with E-state index in [2.05, 4.69) is 26.1 Å². The van der Waals surface area contributed by atoms with Gasteiger partial charge in [0.25, 0.3) is 0 Å². The molecule has 0 radical (unpaired) electrons. The molecule has 0 spiro atoms. The Kier molecular flexibility index (Phi) is 5.03. The molecule has 1 saturated heterocycles. The van der Waals surface area contributed by atoms with Crippen LogP contribution in [0, 0.1) is 11.3 Å². The van der Waals surface area contributed by atoms with Crippen molar-refractivity contribution in [3.63, 3.8) is 0 Å². The van der Waals surface area contributed by atoms with E-state index < -0.39 is 0 Å². The Balaban J connectivity index is 2.24. The zero-order chi connectivity index (χ0) is 11.3. The van der Waals surface area contributed by atoms with Crippen LogP contribution in [-0.4, -0.2) is 32.3 Å². The molecule has 0 aliphatic carbocycles. The van der Waals surface area contributed by atoms with Crippen LogP contribution >= 0.6 is 0 Å². The summed E-state index contributed by atoms with van der Waals surface area (Å²) in [5, 5.41) is 3.54. The zero-order valence-corrected chi connectivity index (χ0v) is 10.4. The third-order valence-corrected chi connectivity index (χ3v) is 3.74. The second-order valence-corrected chi connectivity index (χ2v) is 5.09. The van der Waals surface area contributed by atoms with E-state index in [1.54, 1.807) is 0 Å². The number of hydrogen-bond acceptors (Lipinski definition) is 3. The standard InChI is InChI=1S/C12H26N2O/c1-4-10(5-2)6-14-8-12(3)9-15-7-11(12)13/h10-11,14H,4-9,13H2,1-3H3. The average Bonchev–Trinajstić information content (AvgIpc) is 2.55. The summed E-state index contributed by atoms with van der Waals surface area (Å²) in [5.74, 6) is 0.798. The normalized spacial score (nSPS) is 31.4. The van der Waals surface area contributed by atoms with Crippen molar-refractivity contribution in [3.05, 3.63) is 0 Å². The molecule has 0 amide bonds. The number of nitrogens with one attached hydrogen (secondary N) is 1. The summed E-state index contributed by atoms with van der Waals surface area (Å²) in [6.07, 6.45) is 2.51. The molecule has 2 unspecified atom stereocenters. The number of ether oxygens (including phenoxy) is 1. The Morgan fingerprint density at radius 3 is 2.60 bits per heavy atom. The summed E-state index contributed by atoms with van der Waals surface area (Å²) >= 11 is 0. The second kappa shape index (κ2) is 5.83. The first-order chi connectivity index (χ1) is 7.12. The van der Waals surface area contributed by atoms with Gasteiger partial charge in [-0.2, -0.15) is 0 Å². The monoisotopic (exact) mass is 214 g/mol. The summed E-state index contributed by atoms with van der Waals surface area (Å²) in [6, 6.07) is 0.187. The maximum Gasteiger partial charge on any atom is 0.0624 e. The highest BCUT2D eigenvalue weighted by Crippen LogP contribution is 2.25. The smallest absolute Gasteiger partial charge is 0.0624 e. The van der Waals surface area contributed by atoms with Crippen LogP contribution in [0.2, 0.25) is 0 Å². The average molecular weight is 214 g/mol. The molecule has 1 heterocycles. The van der Waals surface area contributed by atoms with Crippen LogP contribution < -0.4 is 11.1 Å². The molecular weight excluding hydrogens is 188 g/mol. The first-order valence-electron chi connectivity index (χ1n) is 6.16. The fourth-order valence-corrected chi connectivity index (χ4v) is 2.05. The van der Waals surface area contributed by atoms with Gasteiger partial charge in [-0.25, -0.2) is 0 Å². The predicted octanol–water partition coefficient (Wildman–Crippen LogP) is 1.38. The van der Waals surface area contributed by atoms with E-state index in [0.29, 0.717) is 6.61 Å². The van der Waals surface area contributed by atoms with Crippen molar-refractivity contribution in [2.24, 2.45) is 17.1 Å². The molecule has 0 aromatic carbocycles. The summed E-state index contributed by atoms with van der Waals surface area (Å²) < 4.78 is 5.42. The highest BCUT2D eigenvalue weighted by molar-refractivity contribution is 4.91. The van der Waals surface area contributed by atoms with Gasteiger partial charge in [0.15, 0.2) is 0 Å². The van der Waals surface area contributed by atoms with Crippen LogP contribution in [0.1, 0.15) is 33.6 Å². The maximum atomic E-state index is 6.03. The van der Waals surface area contributed by atoms with E-state index in [9.17, 15) is 0 Å². The molecular formula is C12H26N2O. The van der Waals surface area contributed by atoms with Gasteiger partial charge in [-0.05, 0) is 12.5 Å². The van der Waals surface area contributed by atoms with Crippen LogP contribution in [0.4, 0.5) is 0 Å². The Labute approximate surface area is 93.8 Å². The molecule has 3 N–H and O–H groups in total. The Morgan fingerprint density at radius 2 is 2.13 bits per heavy atom. The van der Waals surface area contributed by atoms with E-state index in [0.717, 1.165) is 25.6 Å². The van der Waals surface area contributed by atoms with Gasteiger partial charge in [-0.1, -0.05) is 33.6 Å². The van der Waals surface area contributed by atoms with Crippen molar-refractivity contribution >= 4 is 0 Å². The summed E-state index contributed by atoms with van der Waals surface area (Å²) in [6.45, 7) is 10.3. The van der Waals surface area contributed by atoms with Crippen LogP contribution in [0.25, 0.3) is 0 Å². The molecule has 0 aromatic rings. The van der Waals surface area contributed by atoms with Gasteiger partial charge in [-0.3, -0.25) is 0 Å². The van der Waals surface area contributed by atoms with Crippen LogP contribution in [0.3, 0.4) is 0 Å². The molecule has 90 valence electrons. The van der Waals surface area contributed by atoms with Crippen LogP contribution in [-0.2, 0) is 4.74 Å². The molecule has 0 bridgehead atoms. The fraction of sp³-hybridized carbons (Fsp3) is 1.00. The predicted molar refractivity (Wildman–Crippen MR) is 63.8 cm³/mol. The molecule has 0 aromatic heterocycles. The second-order valence-electron chi connectivity index (χ2n) is 5.09. The van der Waals surface area contributed by atoms with Crippen molar-refractivity contribution < 1.29 is 4.74 Å². The lowest BCUT2D eigenvalue weighted by atomic mass is 9.85. The first-order valence-corrected chi connectivity index (χ1v) is 6.16. The van der Waals surface area contributed by atoms with Crippen molar-refractivity contribution in [3.8, 4) is 0 Å². The molecule has 0 saturated carbocycles. The van der Waals surface area contributed by atoms with Crippen molar-refractivity contribution in [2.75, 3.05) is 26.3 Å². The topological polar surface area (TPSA) is 47.3 Å². The summed E-state index contributed by atoms with van der Waals surface area (Å²) in [7, 11) is 0. The Hall–Kier alpha value is -0.120. The maximum absolute atomic E-state index is 6.03. The number of nitrogens with two attached hydrogens (primary N) is 1. The molecule has 3 heteroatoms. The molecule has 3 nitrogen and oxygen atoms in total. The summed E-state index contributed by atoms with van der Waals surface area (Å²) in [5.41, 5.74) is 6.16. The zero-order valence-electron chi connectivity index (χ0n) is 10.4. The van der Waals surface area contributed by atoms with E-state index in [1.807, 2.05) is 0 Å². The van der Waals surface area contributed by atoms with Gasteiger partial charge in [0.05, 0.1) is 13.2 Å². The number of rotatable bonds is 6. The van der Waals surface area contributed by atoms with Gasteiger partial charge >= 0.3 is 0 Å². The quantitative estimate of drug-likeness (QED) is 0.702. The third kappa shape index (κ3) is 3.44. The van der Waals surface area contributed by atoms with Gasteiger partial charge in [0.1, 0.15) is 0 Å². The minimum Gasteiger partial charge on any atom is -0.379 e. The Morgan fingerprint density at radius 1 is 1.47 bits per heavy atom. The molecule has 15 heavy (non-hydrogen) atoms.